The van der Waals surface area contributed by atoms with E-state index in [9.17, 15) is 10.1 Å². The van der Waals surface area contributed by atoms with Gasteiger partial charge in [-0.1, -0.05) is 48.6 Å². The Morgan fingerprint density at radius 2 is 1.89 bits per heavy atom. The average molecular weight is 361 g/mol. The number of esters is 1. The van der Waals surface area contributed by atoms with E-state index in [0.717, 1.165) is 11.1 Å². The summed E-state index contributed by atoms with van der Waals surface area (Å²) < 4.78 is 16.2. The molecule has 0 radical (unpaired) electrons. The van der Waals surface area contributed by atoms with Crippen LogP contribution in [0.1, 0.15) is 18.1 Å². The minimum Gasteiger partial charge on any atom is -0.486 e. The average Bonchev–Trinajstić information content (AvgIpc) is 2.71. The highest BCUT2D eigenvalue weighted by Crippen LogP contribution is 2.31. The molecule has 1 aliphatic heterocycles. The molecule has 136 valence electrons. The van der Waals surface area contributed by atoms with E-state index in [1.54, 1.807) is 13.0 Å². The topological polar surface area (TPSA) is 68.6 Å². The van der Waals surface area contributed by atoms with Crippen molar-refractivity contribution < 1.29 is 19.0 Å². The van der Waals surface area contributed by atoms with Gasteiger partial charge >= 0.3 is 5.97 Å². The van der Waals surface area contributed by atoms with Crippen molar-refractivity contribution in [3.8, 4) is 17.6 Å². The summed E-state index contributed by atoms with van der Waals surface area (Å²) in [6.07, 6.45) is 3.58. The fourth-order valence-corrected chi connectivity index (χ4v) is 2.70. The molecule has 0 bridgehead atoms. The highest BCUT2D eigenvalue weighted by Gasteiger charge is 2.16. The number of carbonyl (C=O) groups excluding carboxylic acids is 1. The van der Waals surface area contributed by atoms with Crippen LogP contribution >= 0.6 is 0 Å². The van der Waals surface area contributed by atoms with Crippen molar-refractivity contribution in [2.45, 2.75) is 6.92 Å². The first kappa shape index (κ1) is 18.3. The van der Waals surface area contributed by atoms with Crippen LogP contribution in [0.5, 0.6) is 11.5 Å². The zero-order valence-corrected chi connectivity index (χ0v) is 15.0. The molecule has 1 heterocycles. The number of carbonyl (C=O) groups is 1. The van der Waals surface area contributed by atoms with Crippen molar-refractivity contribution in [3.63, 3.8) is 0 Å². The summed E-state index contributed by atoms with van der Waals surface area (Å²) in [6.45, 7) is 2.96. The largest absolute Gasteiger partial charge is 0.486 e. The quantitative estimate of drug-likeness (QED) is 0.348. The van der Waals surface area contributed by atoms with Crippen molar-refractivity contribution in [3.05, 3.63) is 71.3 Å². The van der Waals surface area contributed by atoms with Gasteiger partial charge in [-0.25, -0.2) is 4.79 Å². The Kier molecular flexibility index (Phi) is 5.91. The van der Waals surface area contributed by atoms with Crippen LogP contribution in [0.25, 0.3) is 11.6 Å². The van der Waals surface area contributed by atoms with E-state index in [1.807, 2.05) is 60.7 Å². The number of ether oxygens (including phenoxy) is 3. The summed E-state index contributed by atoms with van der Waals surface area (Å²) in [5, 5.41) is 9.53. The number of nitriles is 1. The molecule has 0 saturated heterocycles. The predicted octanol–water partition coefficient (Wildman–Crippen LogP) is 4.01. The molecule has 0 saturated carbocycles. The van der Waals surface area contributed by atoms with Crippen molar-refractivity contribution in [1.82, 2.24) is 0 Å². The van der Waals surface area contributed by atoms with Crippen LogP contribution in [0, 0.1) is 11.3 Å². The molecule has 0 aromatic heterocycles. The van der Waals surface area contributed by atoms with Gasteiger partial charge in [0.15, 0.2) is 11.5 Å². The molecule has 0 spiro atoms. The molecule has 3 rings (SSSR count). The molecule has 0 N–H and O–H groups in total. The van der Waals surface area contributed by atoms with Crippen LogP contribution < -0.4 is 9.47 Å². The Labute approximate surface area is 158 Å². The number of rotatable bonds is 5. The van der Waals surface area contributed by atoms with E-state index in [1.165, 1.54) is 0 Å². The van der Waals surface area contributed by atoms with Gasteiger partial charge in [-0.2, -0.15) is 5.26 Å². The molecule has 2 aromatic carbocycles. The smallest absolute Gasteiger partial charge is 0.349 e. The standard InChI is InChI=1S/C22H19NO4/c1-2-25-22(24)19(15-23)18(17-6-4-3-5-7-17)10-8-16-9-11-20-21(14-16)27-13-12-26-20/h3-11,14H,2,12-13H2,1H3. The Bertz CT molecular complexity index is 923. The number of fused-ring (bicyclic) bond motifs is 1. The first-order chi connectivity index (χ1) is 13.2. The molecule has 2 aromatic rings. The lowest BCUT2D eigenvalue weighted by Gasteiger charge is -2.18. The minimum absolute atomic E-state index is 0.0307. The Balaban J connectivity index is 2.00. The van der Waals surface area contributed by atoms with Crippen LogP contribution in [0.3, 0.4) is 0 Å². The number of allylic oxidation sites excluding steroid dienone is 2. The SMILES string of the molecule is CCOC(=O)C(C#N)=C(C=Cc1ccc2c(c1)OCCO2)c1ccccc1. The van der Waals surface area contributed by atoms with Crippen LogP contribution in [-0.2, 0) is 9.53 Å². The maximum absolute atomic E-state index is 12.2. The van der Waals surface area contributed by atoms with Gasteiger partial charge < -0.3 is 14.2 Å². The molecule has 0 aliphatic carbocycles. The Hall–Kier alpha value is -3.52. The molecular formula is C22H19NO4. The fourth-order valence-electron chi connectivity index (χ4n) is 2.70. The second-order valence-corrected chi connectivity index (χ2v) is 5.72. The molecule has 27 heavy (non-hydrogen) atoms. The summed E-state index contributed by atoms with van der Waals surface area (Å²) in [7, 11) is 0. The highest BCUT2D eigenvalue weighted by atomic mass is 16.6. The van der Waals surface area contributed by atoms with Gasteiger partial charge in [0, 0.05) is 5.57 Å². The summed E-state index contributed by atoms with van der Waals surface area (Å²) in [5.41, 5.74) is 2.10. The lowest BCUT2D eigenvalue weighted by atomic mass is 9.99. The van der Waals surface area contributed by atoms with E-state index in [-0.39, 0.29) is 12.2 Å². The van der Waals surface area contributed by atoms with Crippen molar-refractivity contribution in [2.24, 2.45) is 0 Å². The van der Waals surface area contributed by atoms with Crippen LogP contribution in [-0.4, -0.2) is 25.8 Å². The molecule has 1 aliphatic rings. The summed E-state index contributed by atoms with van der Waals surface area (Å²) in [6, 6.07) is 16.9. The lowest BCUT2D eigenvalue weighted by molar-refractivity contribution is -0.137. The van der Waals surface area contributed by atoms with Gasteiger partial charge in [0.25, 0.3) is 0 Å². The van der Waals surface area contributed by atoms with Gasteiger partial charge in [0.2, 0.25) is 0 Å². The van der Waals surface area contributed by atoms with Crippen LogP contribution in [0.4, 0.5) is 0 Å². The van der Waals surface area contributed by atoms with E-state index in [4.69, 9.17) is 14.2 Å². The lowest BCUT2D eigenvalue weighted by Crippen LogP contribution is -2.15. The summed E-state index contributed by atoms with van der Waals surface area (Å²) in [4.78, 5) is 12.2. The molecule has 0 amide bonds. The van der Waals surface area contributed by atoms with E-state index in [0.29, 0.717) is 30.3 Å². The van der Waals surface area contributed by atoms with Crippen molar-refractivity contribution in [2.75, 3.05) is 19.8 Å². The normalized spacial score (nSPS) is 13.6. The first-order valence-electron chi connectivity index (χ1n) is 8.67. The first-order valence-corrected chi connectivity index (χ1v) is 8.67. The molecule has 0 unspecified atom stereocenters. The van der Waals surface area contributed by atoms with Gasteiger partial charge in [0.1, 0.15) is 24.9 Å². The molecule has 5 heteroatoms. The monoisotopic (exact) mass is 361 g/mol. The third-order valence-electron chi connectivity index (χ3n) is 3.95. The summed E-state index contributed by atoms with van der Waals surface area (Å²) in [5.74, 6) is 0.756. The summed E-state index contributed by atoms with van der Waals surface area (Å²) >= 11 is 0. The minimum atomic E-state index is -0.634. The zero-order valence-electron chi connectivity index (χ0n) is 15.0. The van der Waals surface area contributed by atoms with Crippen LogP contribution in [0.2, 0.25) is 0 Å². The second kappa shape index (κ2) is 8.72. The van der Waals surface area contributed by atoms with Gasteiger partial charge in [-0.15, -0.1) is 0 Å². The zero-order chi connectivity index (χ0) is 19.1. The maximum Gasteiger partial charge on any atom is 0.349 e. The molecule has 5 nitrogen and oxygen atoms in total. The Morgan fingerprint density at radius 3 is 2.59 bits per heavy atom. The highest BCUT2D eigenvalue weighted by molar-refractivity contribution is 6.04. The third-order valence-corrected chi connectivity index (χ3v) is 3.95. The third kappa shape index (κ3) is 4.36. The van der Waals surface area contributed by atoms with Gasteiger partial charge in [0.05, 0.1) is 6.61 Å². The van der Waals surface area contributed by atoms with Crippen molar-refractivity contribution in [1.29, 1.82) is 5.26 Å². The molecule has 0 atom stereocenters. The van der Waals surface area contributed by atoms with Gasteiger partial charge in [-0.3, -0.25) is 0 Å². The van der Waals surface area contributed by atoms with Crippen LogP contribution in [0.15, 0.2) is 60.2 Å². The van der Waals surface area contributed by atoms with Gasteiger partial charge in [-0.05, 0) is 30.2 Å². The Morgan fingerprint density at radius 1 is 1.15 bits per heavy atom. The molecule has 0 fully saturated rings. The number of hydrogen-bond donors (Lipinski definition) is 0. The predicted molar refractivity (Wildman–Crippen MR) is 102 cm³/mol. The number of hydrogen-bond acceptors (Lipinski definition) is 5. The van der Waals surface area contributed by atoms with E-state index in [2.05, 4.69) is 0 Å². The fraction of sp³-hybridized carbons (Fsp3) is 0.182. The maximum atomic E-state index is 12.2. The molecular weight excluding hydrogens is 342 g/mol. The van der Waals surface area contributed by atoms with Crippen molar-refractivity contribution >= 4 is 17.6 Å². The second-order valence-electron chi connectivity index (χ2n) is 5.72. The van der Waals surface area contributed by atoms with E-state index >= 15 is 0 Å². The van der Waals surface area contributed by atoms with E-state index < -0.39 is 5.97 Å². The number of nitrogens with zero attached hydrogens (tertiary/aromatic N) is 1. The number of benzene rings is 2.